The number of nitrogens with one attached hydrogen (secondary N) is 2. The number of amides is 2. The maximum absolute atomic E-state index is 13.2. The molecule has 1 aromatic carbocycles. The number of anilines is 1. The summed E-state index contributed by atoms with van der Waals surface area (Å²) in [5.41, 5.74) is 4.58. The van der Waals surface area contributed by atoms with E-state index in [1.807, 2.05) is 6.07 Å². The van der Waals surface area contributed by atoms with Gasteiger partial charge in [0.2, 0.25) is 5.91 Å². The molecule has 35 heavy (non-hydrogen) atoms. The van der Waals surface area contributed by atoms with E-state index in [2.05, 4.69) is 43.5 Å². The van der Waals surface area contributed by atoms with Gasteiger partial charge in [0.1, 0.15) is 10.6 Å². The Morgan fingerprint density at radius 1 is 1.14 bits per heavy atom. The lowest BCUT2D eigenvalue weighted by Crippen LogP contribution is -2.32. The van der Waals surface area contributed by atoms with Crippen molar-refractivity contribution in [2.45, 2.75) is 77.2 Å². The molecule has 1 unspecified atom stereocenters. The summed E-state index contributed by atoms with van der Waals surface area (Å²) in [4.78, 5) is 27.6. The number of benzene rings is 1. The highest BCUT2D eigenvalue weighted by molar-refractivity contribution is 7.17. The van der Waals surface area contributed by atoms with Gasteiger partial charge >= 0.3 is 0 Å². The van der Waals surface area contributed by atoms with Crippen LogP contribution < -0.4 is 10.6 Å². The first-order chi connectivity index (χ1) is 16.8. The minimum atomic E-state index is -0.138. The van der Waals surface area contributed by atoms with E-state index in [1.54, 1.807) is 17.6 Å². The number of hydrogen-bond acceptors (Lipinski definition) is 5. The third-order valence-electron chi connectivity index (χ3n) is 7.04. The van der Waals surface area contributed by atoms with E-state index in [9.17, 15) is 9.59 Å². The van der Waals surface area contributed by atoms with E-state index in [4.69, 9.17) is 9.15 Å². The number of rotatable bonds is 6. The molecule has 2 amide bonds. The molecule has 1 fully saturated rings. The minimum absolute atomic E-state index is 0.00678. The van der Waals surface area contributed by atoms with Gasteiger partial charge in [0.15, 0.2) is 0 Å². The molecule has 3 heterocycles. The highest BCUT2D eigenvalue weighted by Gasteiger charge is 2.27. The molecule has 2 N–H and O–H groups in total. The summed E-state index contributed by atoms with van der Waals surface area (Å²) in [5, 5.41) is 7.75. The van der Waals surface area contributed by atoms with E-state index in [0.29, 0.717) is 17.1 Å². The molecular formula is C28H34N2O4S. The largest absolute Gasteiger partial charge is 0.464 e. The Morgan fingerprint density at radius 3 is 2.74 bits per heavy atom. The third kappa shape index (κ3) is 5.16. The first-order valence-electron chi connectivity index (χ1n) is 12.6. The molecule has 3 aromatic rings. The van der Waals surface area contributed by atoms with Gasteiger partial charge in [-0.25, -0.2) is 0 Å². The number of furan rings is 1. The van der Waals surface area contributed by atoms with Gasteiger partial charge in [-0.3, -0.25) is 9.59 Å². The fourth-order valence-electron chi connectivity index (χ4n) is 5.02. The van der Waals surface area contributed by atoms with Crippen molar-refractivity contribution in [2.24, 2.45) is 0 Å². The fraction of sp³-hybridized carbons (Fsp3) is 0.500. The highest BCUT2D eigenvalue weighted by atomic mass is 32.1. The molecule has 1 aliphatic heterocycles. The van der Waals surface area contributed by atoms with E-state index >= 15 is 0 Å². The topological polar surface area (TPSA) is 80.6 Å². The van der Waals surface area contributed by atoms with Crippen LogP contribution in [0.25, 0.3) is 11.0 Å². The average Bonchev–Trinajstić information content (AvgIpc) is 3.55. The molecule has 0 spiro atoms. The molecule has 1 aliphatic carbocycles. The van der Waals surface area contributed by atoms with Gasteiger partial charge in [-0.05, 0) is 67.2 Å². The number of thiophene rings is 1. The van der Waals surface area contributed by atoms with Crippen LogP contribution in [-0.4, -0.2) is 31.1 Å². The molecule has 186 valence electrons. The van der Waals surface area contributed by atoms with E-state index in [-0.39, 0.29) is 29.8 Å². The normalized spacial score (nSPS) is 18.0. The van der Waals surface area contributed by atoms with Crippen LogP contribution in [0.4, 0.5) is 5.00 Å². The zero-order valence-electron chi connectivity index (χ0n) is 20.8. The van der Waals surface area contributed by atoms with Crippen LogP contribution in [0.5, 0.6) is 0 Å². The molecule has 7 heteroatoms. The SMILES string of the molecule is CC(C)(C)c1ccc2occ(CC(=O)Nc3sc4c(c3C(=O)NCC3CCCO3)CCCC4)c2c1. The Morgan fingerprint density at radius 2 is 1.97 bits per heavy atom. The lowest BCUT2D eigenvalue weighted by molar-refractivity contribution is -0.115. The van der Waals surface area contributed by atoms with Gasteiger partial charge < -0.3 is 19.8 Å². The quantitative estimate of drug-likeness (QED) is 0.457. The van der Waals surface area contributed by atoms with Crippen molar-refractivity contribution in [3.63, 3.8) is 0 Å². The van der Waals surface area contributed by atoms with Crippen LogP contribution in [0.15, 0.2) is 28.9 Å². The van der Waals surface area contributed by atoms with Crippen molar-refractivity contribution in [3.05, 3.63) is 51.6 Å². The van der Waals surface area contributed by atoms with E-state index < -0.39 is 0 Å². The average molecular weight is 495 g/mol. The summed E-state index contributed by atoms with van der Waals surface area (Å²) in [5.74, 6) is -0.251. The van der Waals surface area contributed by atoms with Gasteiger partial charge in [-0.1, -0.05) is 26.8 Å². The molecular weight excluding hydrogens is 460 g/mol. The van der Waals surface area contributed by atoms with Crippen LogP contribution in [-0.2, 0) is 34.2 Å². The first kappa shape index (κ1) is 24.1. The molecule has 6 nitrogen and oxygen atoms in total. The Balaban J connectivity index is 1.35. The second kappa shape index (κ2) is 9.78. The van der Waals surface area contributed by atoms with Gasteiger partial charge in [-0.15, -0.1) is 11.3 Å². The molecule has 0 bridgehead atoms. The van der Waals surface area contributed by atoms with Crippen molar-refractivity contribution in [3.8, 4) is 0 Å². The number of fused-ring (bicyclic) bond motifs is 2. The predicted octanol–water partition coefficient (Wildman–Crippen LogP) is 5.76. The summed E-state index contributed by atoms with van der Waals surface area (Å²) in [6.45, 7) is 7.78. The zero-order chi connectivity index (χ0) is 24.6. The first-order valence-corrected chi connectivity index (χ1v) is 13.5. The number of carbonyl (C=O) groups is 2. The zero-order valence-corrected chi connectivity index (χ0v) is 21.6. The van der Waals surface area contributed by atoms with Crippen LogP contribution >= 0.6 is 11.3 Å². The Bertz CT molecular complexity index is 1240. The van der Waals surface area contributed by atoms with Crippen molar-refractivity contribution < 1.29 is 18.7 Å². The molecule has 1 atom stereocenters. The Hall–Kier alpha value is -2.64. The Kier molecular flexibility index (Phi) is 6.73. The molecule has 1 saturated heterocycles. The maximum Gasteiger partial charge on any atom is 0.254 e. The molecule has 5 rings (SSSR count). The second-order valence-corrected chi connectivity index (χ2v) is 11.8. The summed E-state index contributed by atoms with van der Waals surface area (Å²) in [7, 11) is 0. The van der Waals surface area contributed by atoms with Crippen LogP contribution in [0.2, 0.25) is 0 Å². The number of ether oxygens (including phenoxy) is 1. The summed E-state index contributed by atoms with van der Waals surface area (Å²) >= 11 is 1.55. The third-order valence-corrected chi connectivity index (χ3v) is 8.24. The highest BCUT2D eigenvalue weighted by Crippen LogP contribution is 2.38. The fourth-order valence-corrected chi connectivity index (χ4v) is 6.33. The van der Waals surface area contributed by atoms with Gasteiger partial charge in [-0.2, -0.15) is 0 Å². The van der Waals surface area contributed by atoms with Gasteiger partial charge in [0.25, 0.3) is 5.91 Å². The van der Waals surface area contributed by atoms with E-state index in [0.717, 1.165) is 67.2 Å². The van der Waals surface area contributed by atoms with Crippen molar-refractivity contribution in [1.29, 1.82) is 0 Å². The van der Waals surface area contributed by atoms with Crippen LogP contribution in [0.3, 0.4) is 0 Å². The minimum Gasteiger partial charge on any atom is -0.464 e. The second-order valence-electron chi connectivity index (χ2n) is 10.7. The van der Waals surface area contributed by atoms with Gasteiger partial charge in [0.05, 0.1) is 24.4 Å². The number of aryl methyl sites for hydroxylation is 1. The lowest BCUT2D eigenvalue weighted by atomic mass is 9.86. The molecule has 0 saturated carbocycles. The Labute approximate surface area is 210 Å². The maximum atomic E-state index is 13.2. The number of carbonyl (C=O) groups excluding carboxylic acids is 2. The summed E-state index contributed by atoms with van der Waals surface area (Å²) < 4.78 is 11.4. The van der Waals surface area contributed by atoms with Crippen LogP contribution in [0, 0.1) is 0 Å². The summed E-state index contributed by atoms with van der Waals surface area (Å²) in [6, 6.07) is 6.17. The van der Waals surface area contributed by atoms with Crippen molar-refractivity contribution in [1.82, 2.24) is 5.32 Å². The summed E-state index contributed by atoms with van der Waals surface area (Å²) in [6.07, 6.45) is 7.99. The van der Waals surface area contributed by atoms with Gasteiger partial charge in [0, 0.05) is 29.0 Å². The van der Waals surface area contributed by atoms with Crippen molar-refractivity contribution >= 4 is 39.1 Å². The smallest absolute Gasteiger partial charge is 0.254 e. The molecule has 2 aromatic heterocycles. The van der Waals surface area contributed by atoms with Crippen LogP contribution in [0.1, 0.15) is 78.4 Å². The van der Waals surface area contributed by atoms with E-state index in [1.165, 1.54) is 10.4 Å². The molecule has 2 aliphatic rings. The number of hydrogen-bond donors (Lipinski definition) is 2. The predicted molar refractivity (Wildman–Crippen MR) is 140 cm³/mol. The molecule has 0 radical (unpaired) electrons. The standard InChI is InChI=1S/C28H34N2O4S/c1-28(2,3)18-10-11-22-21(14-18)17(16-34-22)13-24(31)30-27-25(20-8-4-5-9-23(20)35-27)26(32)29-15-19-7-6-12-33-19/h10-11,14,16,19H,4-9,12-13,15H2,1-3H3,(H,29,32)(H,30,31). The lowest BCUT2D eigenvalue weighted by Gasteiger charge is -2.18. The van der Waals surface area contributed by atoms with Crippen molar-refractivity contribution in [2.75, 3.05) is 18.5 Å². The monoisotopic (exact) mass is 494 g/mol.